The minimum Gasteiger partial charge on any atom is -0.347 e. The van der Waals surface area contributed by atoms with Crippen molar-refractivity contribution in [3.63, 3.8) is 0 Å². The molecule has 1 aromatic heterocycles. The second-order valence-electron chi connectivity index (χ2n) is 5.46. The topological polar surface area (TPSA) is 54.3 Å². The number of imide groups is 1. The summed E-state index contributed by atoms with van der Waals surface area (Å²) in [6.07, 6.45) is 2.49. The van der Waals surface area contributed by atoms with Crippen LogP contribution in [0.15, 0.2) is 18.3 Å². The number of anilines is 1. The van der Waals surface area contributed by atoms with Gasteiger partial charge < -0.3 is 4.57 Å². The molecular formula is C16H19N3O2. The van der Waals surface area contributed by atoms with E-state index in [-0.39, 0.29) is 11.9 Å². The molecule has 0 radical (unpaired) electrons. The Hall–Kier alpha value is -2.30. The van der Waals surface area contributed by atoms with E-state index in [4.69, 9.17) is 0 Å². The highest BCUT2D eigenvalue weighted by molar-refractivity contribution is 6.07. The van der Waals surface area contributed by atoms with E-state index in [9.17, 15) is 9.59 Å². The van der Waals surface area contributed by atoms with E-state index in [1.807, 2.05) is 13.0 Å². The number of rotatable bonds is 2. The Balaban J connectivity index is 2.12. The van der Waals surface area contributed by atoms with E-state index in [2.05, 4.69) is 36.0 Å². The maximum Gasteiger partial charge on any atom is 0.328 e. The molecule has 1 aromatic carbocycles. The van der Waals surface area contributed by atoms with Gasteiger partial charge in [-0.2, -0.15) is 0 Å². The number of hydrogen-bond acceptors (Lipinski definition) is 2. The number of aromatic nitrogens is 1. The number of urea groups is 1. The monoisotopic (exact) mass is 285 g/mol. The number of hydrogen-bond donors (Lipinski definition) is 1. The van der Waals surface area contributed by atoms with Gasteiger partial charge in [0, 0.05) is 42.3 Å². The molecule has 110 valence electrons. The average Bonchev–Trinajstić information content (AvgIpc) is 2.77. The summed E-state index contributed by atoms with van der Waals surface area (Å²) in [4.78, 5) is 25.0. The quantitative estimate of drug-likeness (QED) is 0.922. The summed E-state index contributed by atoms with van der Waals surface area (Å²) in [7, 11) is 0. The van der Waals surface area contributed by atoms with Crippen molar-refractivity contribution in [1.82, 2.24) is 9.88 Å². The van der Waals surface area contributed by atoms with E-state index in [1.165, 1.54) is 16.5 Å². The molecule has 0 bridgehead atoms. The number of amides is 3. The fourth-order valence-electron chi connectivity index (χ4n) is 3.14. The Bertz CT molecular complexity index is 746. The predicted molar refractivity (Wildman–Crippen MR) is 82.6 cm³/mol. The first kappa shape index (κ1) is 13.7. The van der Waals surface area contributed by atoms with Crippen molar-refractivity contribution in [2.45, 2.75) is 33.7 Å². The number of nitrogens with one attached hydrogen (secondary N) is 1. The number of carbonyl (C=O) groups excluding carboxylic acids is 2. The molecule has 1 aliphatic rings. The van der Waals surface area contributed by atoms with Crippen molar-refractivity contribution < 1.29 is 9.59 Å². The van der Waals surface area contributed by atoms with E-state index in [0.717, 1.165) is 17.8 Å². The smallest absolute Gasteiger partial charge is 0.328 e. The molecule has 3 rings (SSSR count). The van der Waals surface area contributed by atoms with Crippen molar-refractivity contribution in [3.8, 4) is 0 Å². The third-order valence-corrected chi connectivity index (χ3v) is 4.15. The molecule has 1 fully saturated rings. The molecule has 1 aliphatic heterocycles. The van der Waals surface area contributed by atoms with Gasteiger partial charge >= 0.3 is 6.03 Å². The van der Waals surface area contributed by atoms with Gasteiger partial charge in [0.2, 0.25) is 5.91 Å². The molecule has 3 amide bonds. The zero-order chi connectivity index (χ0) is 15.1. The first-order valence-electron chi connectivity index (χ1n) is 7.23. The van der Waals surface area contributed by atoms with Crippen molar-refractivity contribution in [2.75, 3.05) is 11.4 Å². The van der Waals surface area contributed by atoms with Crippen molar-refractivity contribution in [1.29, 1.82) is 0 Å². The van der Waals surface area contributed by atoms with E-state index in [0.29, 0.717) is 13.0 Å². The van der Waals surface area contributed by atoms with Crippen molar-refractivity contribution in [2.24, 2.45) is 0 Å². The fourth-order valence-corrected chi connectivity index (χ4v) is 3.14. The van der Waals surface area contributed by atoms with E-state index >= 15 is 0 Å². The molecule has 0 saturated carbocycles. The molecule has 1 saturated heterocycles. The van der Waals surface area contributed by atoms with Crippen LogP contribution in [-0.4, -0.2) is 23.1 Å². The van der Waals surface area contributed by atoms with E-state index in [1.54, 1.807) is 4.90 Å². The molecule has 0 atom stereocenters. The van der Waals surface area contributed by atoms with Crippen LogP contribution < -0.4 is 10.2 Å². The Labute approximate surface area is 123 Å². The lowest BCUT2D eigenvalue weighted by Crippen LogP contribution is -2.49. The van der Waals surface area contributed by atoms with Crippen LogP contribution in [0.2, 0.25) is 0 Å². The lowest BCUT2D eigenvalue weighted by Gasteiger charge is -2.28. The molecule has 0 aliphatic carbocycles. The van der Waals surface area contributed by atoms with Crippen LogP contribution in [0.1, 0.15) is 24.5 Å². The molecule has 5 heteroatoms. The second-order valence-corrected chi connectivity index (χ2v) is 5.46. The first-order chi connectivity index (χ1) is 10.0. The van der Waals surface area contributed by atoms with Crippen LogP contribution in [0.5, 0.6) is 0 Å². The molecule has 2 aromatic rings. The minimum absolute atomic E-state index is 0.205. The van der Waals surface area contributed by atoms with Gasteiger partial charge in [-0.15, -0.1) is 0 Å². The highest BCUT2D eigenvalue weighted by Crippen LogP contribution is 2.32. The minimum atomic E-state index is -0.332. The predicted octanol–water partition coefficient (Wildman–Crippen LogP) is 2.72. The zero-order valence-electron chi connectivity index (χ0n) is 12.6. The first-order valence-corrected chi connectivity index (χ1v) is 7.23. The van der Waals surface area contributed by atoms with Crippen LogP contribution in [0, 0.1) is 13.8 Å². The maximum atomic E-state index is 12.0. The van der Waals surface area contributed by atoms with Gasteiger partial charge in [0.05, 0.1) is 0 Å². The largest absolute Gasteiger partial charge is 0.347 e. The van der Waals surface area contributed by atoms with Crippen LogP contribution in [0.4, 0.5) is 10.5 Å². The van der Waals surface area contributed by atoms with Crippen LogP contribution >= 0.6 is 0 Å². The Morgan fingerprint density at radius 2 is 2.00 bits per heavy atom. The Morgan fingerprint density at radius 3 is 2.67 bits per heavy atom. The maximum absolute atomic E-state index is 12.0. The third kappa shape index (κ3) is 2.09. The van der Waals surface area contributed by atoms with Gasteiger partial charge in [-0.1, -0.05) is 0 Å². The molecular weight excluding hydrogens is 266 g/mol. The fraction of sp³-hybridized carbons (Fsp3) is 0.375. The van der Waals surface area contributed by atoms with Gasteiger partial charge in [-0.25, -0.2) is 4.79 Å². The molecule has 0 spiro atoms. The summed E-state index contributed by atoms with van der Waals surface area (Å²) < 4.78 is 2.21. The average molecular weight is 285 g/mol. The number of carbonyl (C=O) groups is 2. The second kappa shape index (κ2) is 4.91. The lowest BCUT2D eigenvalue weighted by molar-refractivity contribution is -0.120. The highest BCUT2D eigenvalue weighted by atomic mass is 16.2. The molecule has 2 heterocycles. The molecule has 5 nitrogen and oxygen atoms in total. The number of benzene rings is 1. The van der Waals surface area contributed by atoms with Gasteiger partial charge in [-0.05, 0) is 44.0 Å². The van der Waals surface area contributed by atoms with Crippen molar-refractivity contribution in [3.05, 3.63) is 29.5 Å². The summed E-state index contributed by atoms with van der Waals surface area (Å²) in [5, 5.41) is 3.57. The lowest BCUT2D eigenvalue weighted by atomic mass is 10.0. The molecule has 0 unspecified atom stereocenters. The standard InChI is InChI=1S/C16H19N3O2/c1-4-18-9-10(2)15-11(3)12(5-6-13(15)18)19-8-7-14(20)17-16(19)21/h5-6,9H,4,7-8H2,1-3H3,(H,17,20,21). The van der Waals surface area contributed by atoms with E-state index < -0.39 is 0 Å². The summed E-state index contributed by atoms with van der Waals surface area (Å²) in [6.45, 7) is 7.59. The molecule has 21 heavy (non-hydrogen) atoms. The Kier molecular flexibility index (Phi) is 3.20. The summed E-state index contributed by atoms with van der Waals surface area (Å²) >= 11 is 0. The van der Waals surface area contributed by atoms with Gasteiger partial charge in [0.15, 0.2) is 0 Å². The van der Waals surface area contributed by atoms with Gasteiger partial charge in [0.1, 0.15) is 0 Å². The SMILES string of the molecule is CCn1cc(C)c2c(C)c(N3CCC(=O)NC3=O)ccc21. The molecule has 1 N–H and O–H groups in total. The third-order valence-electron chi connectivity index (χ3n) is 4.15. The highest BCUT2D eigenvalue weighted by Gasteiger charge is 2.26. The van der Waals surface area contributed by atoms with Crippen LogP contribution in [0.3, 0.4) is 0 Å². The number of aryl methyl sites for hydroxylation is 3. The van der Waals surface area contributed by atoms with Crippen molar-refractivity contribution >= 4 is 28.5 Å². The summed E-state index contributed by atoms with van der Waals surface area (Å²) in [5.74, 6) is -0.205. The van der Waals surface area contributed by atoms with Gasteiger partial charge in [-0.3, -0.25) is 15.0 Å². The van der Waals surface area contributed by atoms with Gasteiger partial charge in [0.25, 0.3) is 0 Å². The Morgan fingerprint density at radius 1 is 1.24 bits per heavy atom. The number of nitrogens with zero attached hydrogens (tertiary/aromatic N) is 2. The number of fused-ring (bicyclic) bond motifs is 1. The summed E-state index contributed by atoms with van der Waals surface area (Å²) in [5.41, 5.74) is 4.36. The zero-order valence-corrected chi connectivity index (χ0v) is 12.6. The normalized spacial score (nSPS) is 15.7. The summed E-state index contributed by atoms with van der Waals surface area (Å²) in [6, 6.07) is 3.69. The van der Waals surface area contributed by atoms with Crippen LogP contribution in [0.25, 0.3) is 10.9 Å². The van der Waals surface area contributed by atoms with Crippen LogP contribution in [-0.2, 0) is 11.3 Å².